The number of amides is 1. The first-order valence-corrected chi connectivity index (χ1v) is 3.84. The molecule has 0 atom stereocenters. The molecule has 0 fully saturated rings. The lowest BCUT2D eigenvalue weighted by Crippen LogP contribution is -2.09. The standard InChI is InChI=1S/C9H8F3NO/c1-6(14)13-8-4-2-3-7(5-8)9(10,11)12/h2-5H,1H3,(H,13,14). The lowest BCUT2D eigenvalue weighted by Gasteiger charge is -2.08. The van der Waals surface area contributed by atoms with Gasteiger partial charge in [-0.05, 0) is 18.2 Å². The van der Waals surface area contributed by atoms with Crippen LogP contribution in [0.3, 0.4) is 0 Å². The second-order valence-electron chi connectivity index (χ2n) is 2.76. The van der Waals surface area contributed by atoms with Gasteiger partial charge in [-0.15, -0.1) is 0 Å². The molecule has 0 bridgehead atoms. The molecule has 0 spiro atoms. The summed E-state index contributed by atoms with van der Waals surface area (Å²) in [4.78, 5) is 10.6. The zero-order valence-electron chi connectivity index (χ0n) is 7.35. The van der Waals surface area contributed by atoms with Gasteiger partial charge in [0.05, 0.1) is 5.56 Å². The Kier molecular flexibility index (Phi) is 2.78. The molecule has 2 nitrogen and oxygen atoms in total. The van der Waals surface area contributed by atoms with Crippen LogP contribution in [0.1, 0.15) is 12.5 Å². The van der Waals surface area contributed by atoms with E-state index in [9.17, 15) is 18.0 Å². The van der Waals surface area contributed by atoms with Crippen LogP contribution in [0.4, 0.5) is 18.9 Å². The second kappa shape index (κ2) is 3.69. The minimum Gasteiger partial charge on any atom is -0.326 e. The Morgan fingerprint density at radius 1 is 1.36 bits per heavy atom. The summed E-state index contributed by atoms with van der Waals surface area (Å²) in [5.74, 6) is -0.399. The molecular weight excluding hydrogens is 195 g/mol. The molecule has 0 aliphatic rings. The number of benzene rings is 1. The van der Waals surface area contributed by atoms with Gasteiger partial charge in [0, 0.05) is 12.6 Å². The van der Waals surface area contributed by atoms with Crippen LogP contribution in [0.5, 0.6) is 0 Å². The van der Waals surface area contributed by atoms with E-state index in [-0.39, 0.29) is 5.69 Å². The summed E-state index contributed by atoms with van der Waals surface area (Å²) in [5.41, 5.74) is -0.629. The fourth-order valence-corrected chi connectivity index (χ4v) is 0.977. The van der Waals surface area contributed by atoms with Gasteiger partial charge in [-0.25, -0.2) is 0 Å². The molecule has 0 aliphatic heterocycles. The third-order valence-electron chi connectivity index (χ3n) is 1.51. The molecule has 0 aliphatic carbocycles. The summed E-state index contributed by atoms with van der Waals surface area (Å²) < 4.78 is 36.6. The van der Waals surface area contributed by atoms with E-state index in [1.165, 1.54) is 19.1 Å². The van der Waals surface area contributed by atoms with Crippen molar-refractivity contribution in [2.75, 3.05) is 5.32 Å². The van der Waals surface area contributed by atoms with E-state index >= 15 is 0 Å². The van der Waals surface area contributed by atoms with E-state index in [0.717, 1.165) is 12.1 Å². The van der Waals surface area contributed by atoms with E-state index in [1.807, 2.05) is 0 Å². The van der Waals surface area contributed by atoms with Crippen LogP contribution < -0.4 is 5.32 Å². The van der Waals surface area contributed by atoms with Crippen LogP contribution in [0.15, 0.2) is 24.3 Å². The van der Waals surface area contributed by atoms with Crippen molar-refractivity contribution >= 4 is 11.6 Å². The molecule has 1 aromatic carbocycles. The highest BCUT2D eigenvalue weighted by Gasteiger charge is 2.30. The van der Waals surface area contributed by atoms with Crippen LogP contribution in [0.2, 0.25) is 0 Å². The highest BCUT2D eigenvalue weighted by Crippen LogP contribution is 2.30. The van der Waals surface area contributed by atoms with Crippen molar-refractivity contribution < 1.29 is 18.0 Å². The van der Waals surface area contributed by atoms with E-state index < -0.39 is 17.6 Å². The normalized spacial score (nSPS) is 11.1. The molecule has 1 rings (SSSR count). The van der Waals surface area contributed by atoms with Crippen LogP contribution in [0.25, 0.3) is 0 Å². The van der Waals surface area contributed by atoms with Gasteiger partial charge in [-0.3, -0.25) is 4.79 Å². The number of rotatable bonds is 1. The highest BCUT2D eigenvalue weighted by atomic mass is 19.4. The van der Waals surface area contributed by atoms with Crippen LogP contribution >= 0.6 is 0 Å². The molecule has 14 heavy (non-hydrogen) atoms. The Morgan fingerprint density at radius 2 is 2.00 bits per heavy atom. The first kappa shape index (κ1) is 10.6. The van der Waals surface area contributed by atoms with Crippen molar-refractivity contribution in [2.24, 2.45) is 0 Å². The van der Waals surface area contributed by atoms with Crippen molar-refractivity contribution in [1.29, 1.82) is 0 Å². The Morgan fingerprint density at radius 3 is 2.50 bits per heavy atom. The third kappa shape index (κ3) is 2.76. The van der Waals surface area contributed by atoms with Gasteiger partial charge >= 0.3 is 6.18 Å². The minimum absolute atomic E-state index is 0.146. The van der Waals surface area contributed by atoms with Crippen molar-refractivity contribution in [3.8, 4) is 0 Å². The van der Waals surface area contributed by atoms with E-state index in [4.69, 9.17) is 0 Å². The number of halogens is 3. The van der Waals surface area contributed by atoms with Crippen LogP contribution in [-0.4, -0.2) is 5.91 Å². The Bertz CT molecular complexity index is 346. The van der Waals surface area contributed by atoms with Crippen molar-refractivity contribution in [2.45, 2.75) is 13.1 Å². The zero-order valence-corrected chi connectivity index (χ0v) is 7.35. The Balaban J connectivity index is 2.95. The predicted molar refractivity (Wildman–Crippen MR) is 45.7 cm³/mol. The van der Waals surface area contributed by atoms with Gasteiger partial charge in [0.2, 0.25) is 5.91 Å². The maximum Gasteiger partial charge on any atom is 0.416 e. The molecule has 1 amide bonds. The number of hydrogen-bond acceptors (Lipinski definition) is 1. The smallest absolute Gasteiger partial charge is 0.326 e. The number of hydrogen-bond donors (Lipinski definition) is 1. The van der Waals surface area contributed by atoms with E-state index in [1.54, 1.807) is 0 Å². The van der Waals surface area contributed by atoms with Gasteiger partial charge < -0.3 is 5.32 Å². The lowest BCUT2D eigenvalue weighted by atomic mass is 10.2. The SMILES string of the molecule is CC(=O)Nc1cccc(C(F)(F)F)c1. The van der Waals surface area contributed by atoms with Gasteiger partial charge in [-0.1, -0.05) is 6.07 Å². The summed E-state index contributed by atoms with van der Waals surface area (Å²) in [6.45, 7) is 1.24. The first-order valence-electron chi connectivity index (χ1n) is 3.84. The van der Waals surface area contributed by atoms with E-state index in [0.29, 0.717) is 0 Å². The molecule has 76 valence electrons. The molecule has 0 saturated carbocycles. The third-order valence-corrected chi connectivity index (χ3v) is 1.51. The molecule has 0 aromatic heterocycles. The summed E-state index contributed by atoms with van der Waals surface area (Å²) in [7, 11) is 0. The summed E-state index contributed by atoms with van der Waals surface area (Å²) in [6, 6.07) is 4.48. The van der Waals surface area contributed by atoms with Gasteiger partial charge in [-0.2, -0.15) is 13.2 Å². The number of nitrogens with one attached hydrogen (secondary N) is 1. The summed E-state index contributed by atoms with van der Waals surface area (Å²) in [5, 5.41) is 2.28. The van der Waals surface area contributed by atoms with Crippen LogP contribution in [0, 0.1) is 0 Å². The number of anilines is 1. The van der Waals surface area contributed by atoms with Gasteiger partial charge in [0.1, 0.15) is 0 Å². The molecule has 1 aromatic rings. The molecule has 1 N–H and O–H groups in total. The molecule has 5 heteroatoms. The van der Waals surface area contributed by atoms with Crippen LogP contribution in [-0.2, 0) is 11.0 Å². The molecular formula is C9H8F3NO. The van der Waals surface area contributed by atoms with Gasteiger partial charge in [0.25, 0.3) is 0 Å². The lowest BCUT2D eigenvalue weighted by molar-refractivity contribution is -0.137. The quantitative estimate of drug-likeness (QED) is 0.746. The predicted octanol–water partition coefficient (Wildman–Crippen LogP) is 2.66. The van der Waals surface area contributed by atoms with Crippen molar-refractivity contribution in [1.82, 2.24) is 0 Å². The fourth-order valence-electron chi connectivity index (χ4n) is 0.977. The molecule has 0 radical (unpaired) electrons. The Hall–Kier alpha value is -1.52. The monoisotopic (exact) mass is 203 g/mol. The maximum absolute atomic E-state index is 12.2. The summed E-state index contributed by atoms with van der Waals surface area (Å²) >= 11 is 0. The summed E-state index contributed by atoms with van der Waals surface area (Å²) in [6.07, 6.45) is -4.38. The van der Waals surface area contributed by atoms with Crippen molar-refractivity contribution in [3.63, 3.8) is 0 Å². The van der Waals surface area contributed by atoms with Crippen molar-refractivity contribution in [3.05, 3.63) is 29.8 Å². The molecule has 0 saturated heterocycles. The van der Waals surface area contributed by atoms with E-state index in [2.05, 4.69) is 5.32 Å². The van der Waals surface area contributed by atoms with Gasteiger partial charge in [0.15, 0.2) is 0 Å². The highest BCUT2D eigenvalue weighted by molar-refractivity contribution is 5.88. The Labute approximate surface area is 78.7 Å². The average Bonchev–Trinajstić information content (AvgIpc) is 2.01. The largest absolute Gasteiger partial charge is 0.416 e. The topological polar surface area (TPSA) is 29.1 Å². The zero-order chi connectivity index (χ0) is 10.8. The minimum atomic E-state index is -4.38. The maximum atomic E-state index is 12.2. The molecule has 0 heterocycles. The number of alkyl halides is 3. The fraction of sp³-hybridized carbons (Fsp3) is 0.222. The second-order valence-corrected chi connectivity index (χ2v) is 2.76. The first-order chi connectivity index (χ1) is 6.39. The number of carbonyl (C=O) groups is 1. The number of carbonyl (C=O) groups excluding carboxylic acids is 1. The average molecular weight is 203 g/mol. The molecule has 0 unspecified atom stereocenters.